The molecule has 0 spiro atoms. The van der Waals surface area contributed by atoms with E-state index in [0.717, 1.165) is 27.6 Å². The first kappa shape index (κ1) is 40.3. The second-order valence-electron chi connectivity index (χ2n) is 14.4. The number of carbonyl (C=O) groups is 3. The first-order valence-corrected chi connectivity index (χ1v) is 19.5. The Kier molecular flexibility index (Phi) is 11.3. The number of nitrogens with zero attached hydrogens (tertiary/aromatic N) is 4. The number of para-hydroxylation sites is 4. The van der Waals surface area contributed by atoms with E-state index in [-0.39, 0.29) is 47.6 Å². The topological polar surface area (TPSA) is 232 Å². The van der Waals surface area contributed by atoms with Gasteiger partial charge in [0.2, 0.25) is 0 Å². The minimum absolute atomic E-state index is 0.00885. The first-order chi connectivity index (χ1) is 30.0. The number of nitrogens with one attached hydrogen (secondary N) is 4. The van der Waals surface area contributed by atoms with Gasteiger partial charge in [0.25, 0.3) is 23.2 Å². The summed E-state index contributed by atoms with van der Waals surface area (Å²) in [5.74, 6) is -2.68. The molecule has 0 saturated heterocycles. The average Bonchev–Trinajstić information content (AvgIpc) is 3.28. The van der Waals surface area contributed by atoms with Crippen molar-refractivity contribution in [3.05, 3.63) is 165 Å². The number of pyridine rings is 2. The van der Waals surface area contributed by atoms with Gasteiger partial charge < -0.3 is 26.4 Å². The van der Waals surface area contributed by atoms with E-state index < -0.39 is 39.4 Å². The third-order valence-corrected chi connectivity index (χ3v) is 10.4. The van der Waals surface area contributed by atoms with Crippen LogP contribution >= 0.6 is 0 Å². The van der Waals surface area contributed by atoms with Crippen LogP contribution in [0.15, 0.2) is 133 Å². The third-order valence-electron chi connectivity index (χ3n) is 10.4. The number of hydrogen-bond acceptors (Lipinski definition) is 11. The smallest absolute Gasteiger partial charge is 0.326 e. The number of carboxylic acids is 1. The Balaban J connectivity index is 0.893. The van der Waals surface area contributed by atoms with Gasteiger partial charge in [-0.15, -0.1) is 0 Å². The number of fused-ring (bicyclic) bond motifs is 4. The van der Waals surface area contributed by atoms with Crippen molar-refractivity contribution in [2.24, 2.45) is 0 Å². The highest BCUT2D eigenvalue weighted by atomic mass is 16.6. The maximum Gasteiger partial charge on any atom is 0.326 e. The van der Waals surface area contributed by atoms with E-state index in [1.807, 2.05) is 97.1 Å². The van der Waals surface area contributed by atoms with E-state index in [9.17, 15) is 39.7 Å². The highest BCUT2D eigenvalue weighted by Gasteiger charge is 2.25. The van der Waals surface area contributed by atoms with Crippen LogP contribution in [0.4, 0.5) is 34.1 Å². The second kappa shape index (κ2) is 17.4. The predicted octanol–water partition coefficient (Wildman–Crippen LogP) is 9.18. The summed E-state index contributed by atoms with van der Waals surface area (Å²) >= 11 is 0. The van der Waals surface area contributed by atoms with E-state index in [1.165, 1.54) is 30.3 Å². The fourth-order valence-electron chi connectivity index (χ4n) is 7.35. The molecule has 5 N–H and O–H groups in total. The largest absolute Gasteiger partial charge is 0.480 e. The van der Waals surface area contributed by atoms with Gasteiger partial charge in [-0.25, -0.2) is 14.8 Å². The molecule has 1 atom stereocenters. The number of carbonyl (C=O) groups excluding carboxylic acids is 2. The van der Waals surface area contributed by atoms with E-state index in [4.69, 9.17) is 4.98 Å². The van der Waals surface area contributed by atoms with Gasteiger partial charge in [0, 0.05) is 51.3 Å². The van der Waals surface area contributed by atoms with Crippen LogP contribution in [-0.4, -0.2) is 55.3 Å². The zero-order valence-electron chi connectivity index (χ0n) is 32.7. The van der Waals surface area contributed by atoms with E-state index in [1.54, 1.807) is 0 Å². The minimum Gasteiger partial charge on any atom is -0.480 e. The molecule has 2 heterocycles. The van der Waals surface area contributed by atoms with Gasteiger partial charge in [0.05, 0.1) is 43.3 Å². The van der Waals surface area contributed by atoms with Gasteiger partial charge in [0.15, 0.2) is 0 Å². The number of hydrogen-bond donors (Lipinski definition) is 5. The molecule has 6 aromatic carbocycles. The van der Waals surface area contributed by atoms with Crippen molar-refractivity contribution in [3.8, 4) is 0 Å². The Morgan fingerprint density at radius 1 is 0.565 bits per heavy atom. The molecule has 62 heavy (non-hydrogen) atoms. The standard InChI is InChI=1S/C46H36N8O8/c55-44(27-20-22-37(40(25-27)53(59)60)50-42-29-11-1-5-15-33(29)48-34-16-6-2-12-30(34)42)47-24-10-9-19-39(46(57)58)52-45(56)28-21-23-38(41(26-28)54(61)62)51-43-31-13-3-7-17-35(31)49-36-18-8-4-14-32(36)43/h1-8,11-18,20-23,25-26,39H,9-10,19,24H2,(H,47,55)(H,48,50)(H,49,51)(H,52,56)(H,57,58). The van der Waals surface area contributed by atoms with Crippen LogP contribution in [0.5, 0.6) is 0 Å². The molecule has 2 aromatic heterocycles. The molecule has 16 nitrogen and oxygen atoms in total. The Labute approximate surface area is 351 Å². The molecule has 8 aromatic rings. The predicted molar refractivity (Wildman–Crippen MR) is 236 cm³/mol. The maximum atomic E-state index is 13.3. The van der Waals surface area contributed by atoms with Crippen LogP contribution in [0, 0.1) is 20.2 Å². The number of aliphatic carboxylic acids is 1. The summed E-state index contributed by atoms with van der Waals surface area (Å²) in [5.41, 5.74) is 3.58. The molecule has 0 aliphatic rings. The lowest BCUT2D eigenvalue weighted by Gasteiger charge is -2.16. The lowest BCUT2D eigenvalue weighted by atomic mass is 10.1. The molecule has 8 rings (SSSR count). The van der Waals surface area contributed by atoms with Crippen molar-refractivity contribution < 1.29 is 29.3 Å². The summed E-state index contributed by atoms with van der Waals surface area (Å²) in [6, 6.07) is 36.3. The first-order valence-electron chi connectivity index (χ1n) is 19.5. The molecular weight excluding hydrogens is 793 g/mol. The van der Waals surface area contributed by atoms with Crippen molar-refractivity contribution in [2.45, 2.75) is 25.3 Å². The summed E-state index contributed by atoms with van der Waals surface area (Å²) in [5, 5.41) is 48.9. The summed E-state index contributed by atoms with van der Waals surface area (Å²) in [4.78, 5) is 71.2. The fourth-order valence-corrected chi connectivity index (χ4v) is 7.35. The van der Waals surface area contributed by atoms with Crippen LogP contribution in [0.2, 0.25) is 0 Å². The van der Waals surface area contributed by atoms with Crippen molar-refractivity contribution in [1.29, 1.82) is 0 Å². The zero-order chi connectivity index (χ0) is 43.3. The molecule has 0 aliphatic heterocycles. The lowest BCUT2D eigenvalue weighted by Crippen LogP contribution is -2.40. The number of amides is 2. The highest BCUT2D eigenvalue weighted by molar-refractivity contribution is 6.10. The normalized spacial score (nSPS) is 11.6. The SMILES string of the molecule is O=C(NCCCCC(NC(=O)c1ccc(Nc2c3ccccc3nc3ccccc23)c([N+](=O)[O-])c1)C(=O)O)c1ccc(Nc2c3ccccc3nc3ccccc23)c([N+](=O)[O-])c1. The average molecular weight is 829 g/mol. The van der Waals surface area contributed by atoms with Gasteiger partial charge in [-0.1, -0.05) is 72.8 Å². The summed E-state index contributed by atoms with van der Waals surface area (Å²) < 4.78 is 0. The monoisotopic (exact) mass is 828 g/mol. The molecule has 16 heteroatoms. The van der Waals surface area contributed by atoms with Crippen LogP contribution in [-0.2, 0) is 4.79 Å². The van der Waals surface area contributed by atoms with Gasteiger partial charge in [0.1, 0.15) is 17.4 Å². The maximum absolute atomic E-state index is 13.3. The number of carboxylic acid groups (broad SMARTS) is 1. The lowest BCUT2D eigenvalue weighted by molar-refractivity contribution is -0.384. The van der Waals surface area contributed by atoms with Crippen molar-refractivity contribution in [2.75, 3.05) is 17.2 Å². The quantitative estimate of drug-likeness (QED) is 0.0282. The molecule has 0 aliphatic carbocycles. The van der Waals surface area contributed by atoms with E-state index >= 15 is 0 Å². The molecule has 0 bridgehead atoms. The van der Waals surface area contributed by atoms with Crippen LogP contribution < -0.4 is 21.3 Å². The van der Waals surface area contributed by atoms with Gasteiger partial charge >= 0.3 is 5.97 Å². The third kappa shape index (κ3) is 8.33. The van der Waals surface area contributed by atoms with Gasteiger partial charge in [-0.3, -0.25) is 29.8 Å². The van der Waals surface area contributed by atoms with Gasteiger partial charge in [-0.2, -0.15) is 0 Å². The number of unbranched alkanes of at least 4 members (excludes halogenated alkanes) is 1. The number of anilines is 4. The number of nitro benzene ring substituents is 2. The van der Waals surface area contributed by atoms with E-state index in [0.29, 0.717) is 39.9 Å². The molecular formula is C46H36N8O8. The molecule has 0 saturated carbocycles. The van der Waals surface area contributed by atoms with Gasteiger partial charge in [-0.05, 0) is 67.8 Å². The minimum atomic E-state index is -1.33. The van der Waals surface area contributed by atoms with E-state index in [2.05, 4.69) is 26.3 Å². The Morgan fingerprint density at radius 2 is 0.968 bits per heavy atom. The molecule has 1 unspecified atom stereocenters. The number of aromatic nitrogens is 2. The summed E-state index contributed by atoms with van der Waals surface area (Å²) in [6.45, 7) is 0.116. The van der Waals surface area contributed by atoms with Crippen LogP contribution in [0.25, 0.3) is 43.6 Å². The van der Waals surface area contributed by atoms with Crippen molar-refractivity contribution in [3.63, 3.8) is 0 Å². The summed E-state index contributed by atoms with van der Waals surface area (Å²) in [7, 11) is 0. The van der Waals surface area contributed by atoms with Crippen molar-refractivity contribution in [1.82, 2.24) is 20.6 Å². The molecule has 2 amide bonds. The zero-order valence-corrected chi connectivity index (χ0v) is 32.7. The summed E-state index contributed by atoms with van der Waals surface area (Å²) in [6.07, 6.45) is 0.579. The van der Waals surface area contributed by atoms with Crippen LogP contribution in [0.3, 0.4) is 0 Å². The van der Waals surface area contributed by atoms with Crippen LogP contribution in [0.1, 0.15) is 40.0 Å². The molecule has 0 radical (unpaired) electrons. The van der Waals surface area contributed by atoms with Crippen molar-refractivity contribution >= 4 is 95.5 Å². The molecule has 308 valence electrons. The number of benzene rings is 6. The Bertz CT molecular complexity index is 3000. The second-order valence-corrected chi connectivity index (χ2v) is 14.4. The molecule has 0 fully saturated rings. The Hall–Kier alpha value is -8.53. The highest BCUT2D eigenvalue weighted by Crippen LogP contribution is 2.38. The fraction of sp³-hybridized carbons (Fsp3) is 0.109. The Morgan fingerprint density at radius 3 is 1.37 bits per heavy atom. The number of nitro groups is 2. The number of rotatable bonds is 15.